The summed E-state index contributed by atoms with van der Waals surface area (Å²) < 4.78 is 0. The number of nitrogens with one attached hydrogen (secondary N) is 1. The summed E-state index contributed by atoms with van der Waals surface area (Å²) in [6, 6.07) is 0. The zero-order valence-electron chi connectivity index (χ0n) is 9.50. The van der Waals surface area contributed by atoms with Crippen molar-refractivity contribution in [3.05, 3.63) is 17.0 Å². The summed E-state index contributed by atoms with van der Waals surface area (Å²) in [5.74, 6) is 0.635. The Bertz CT molecular complexity index is 381. The number of aromatic nitrogens is 2. The zero-order valence-corrected chi connectivity index (χ0v) is 9.50. The van der Waals surface area contributed by atoms with Crippen LogP contribution in [0.15, 0.2) is 0 Å². The van der Waals surface area contributed by atoms with E-state index in [0.29, 0.717) is 18.9 Å². The molecular formula is C11H17N3O. The fourth-order valence-corrected chi connectivity index (χ4v) is 2.04. The second-order valence-electron chi connectivity index (χ2n) is 4.32. The first-order valence-electron chi connectivity index (χ1n) is 5.47. The molecule has 1 aromatic rings. The van der Waals surface area contributed by atoms with Crippen molar-refractivity contribution >= 4 is 5.91 Å². The minimum absolute atomic E-state index is 0.217. The van der Waals surface area contributed by atoms with E-state index in [-0.39, 0.29) is 5.91 Å². The number of H-pyrrole nitrogens is 1. The molecule has 1 aromatic heterocycles. The molecule has 0 saturated heterocycles. The van der Waals surface area contributed by atoms with Gasteiger partial charge in [-0.25, -0.2) is 0 Å². The predicted molar refractivity (Wildman–Crippen MR) is 57.2 cm³/mol. The van der Waals surface area contributed by atoms with Gasteiger partial charge in [-0.1, -0.05) is 20.8 Å². The Morgan fingerprint density at radius 3 is 2.87 bits per heavy atom. The maximum Gasteiger partial charge on any atom is 0.222 e. The van der Waals surface area contributed by atoms with Gasteiger partial charge in [-0.15, -0.1) is 0 Å². The van der Waals surface area contributed by atoms with Crippen LogP contribution < -0.4 is 0 Å². The Hall–Kier alpha value is -1.32. The third-order valence-corrected chi connectivity index (χ3v) is 2.88. The van der Waals surface area contributed by atoms with Crippen LogP contribution in [0.25, 0.3) is 0 Å². The molecule has 2 rings (SSSR count). The van der Waals surface area contributed by atoms with E-state index in [1.807, 2.05) is 11.8 Å². The molecule has 0 atom stereocenters. The van der Waals surface area contributed by atoms with E-state index in [1.165, 1.54) is 5.56 Å². The Balaban J connectivity index is 2.21. The van der Waals surface area contributed by atoms with Gasteiger partial charge in [0.05, 0.1) is 17.9 Å². The minimum atomic E-state index is 0.217. The van der Waals surface area contributed by atoms with Gasteiger partial charge in [0.1, 0.15) is 0 Å². The van der Waals surface area contributed by atoms with Gasteiger partial charge >= 0.3 is 0 Å². The SMILES string of the molecule is CCC(=O)N1Cc2[nH]nc(C(C)C)c2C1. The lowest BCUT2D eigenvalue weighted by Crippen LogP contribution is -2.24. The highest BCUT2D eigenvalue weighted by Gasteiger charge is 2.27. The maximum atomic E-state index is 11.6. The molecule has 1 N–H and O–H groups in total. The molecule has 2 heterocycles. The lowest BCUT2D eigenvalue weighted by molar-refractivity contribution is -0.131. The summed E-state index contributed by atoms with van der Waals surface area (Å²) in [6.45, 7) is 7.58. The fourth-order valence-electron chi connectivity index (χ4n) is 2.04. The van der Waals surface area contributed by atoms with Crippen molar-refractivity contribution in [3.8, 4) is 0 Å². The Kier molecular flexibility index (Phi) is 2.50. The molecule has 0 unspecified atom stereocenters. The van der Waals surface area contributed by atoms with Crippen molar-refractivity contribution in [1.29, 1.82) is 0 Å². The standard InChI is InChI=1S/C11H17N3O/c1-4-10(15)14-5-8-9(6-14)12-13-11(8)7(2)3/h7H,4-6H2,1-3H3,(H,12,13). The number of carbonyl (C=O) groups is 1. The molecule has 0 fully saturated rings. The van der Waals surface area contributed by atoms with Crippen LogP contribution in [0.2, 0.25) is 0 Å². The van der Waals surface area contributed by atoms with Crippen molar-refractivity contribution in [1.82, 2.24) is 15.1 Å². The minimum Gasteiger partial charge on any atom is -0.332 e. The number of nitrogens with zero attached hydrogens (tertiary/aromatic N) is 2. The van der Waals surface area contributed by atoms with E-state index >= 15 is 0 Å². The number of aromatic amines is 1. The highest BCUT2D eigenvalue weighted by Crippen LogP contribution is 2.28. The zero-order chi connectivity index (χ0) is 11.0. The number of amides is 1. The largest absolute Gasteiger partial charge is 0.332 e. The molecule has 1 aliphatic heterocycles. The molecule has 0 saturated carbocycles. The Morgan fingerprint density at radius 1 is 1.53 bits per heavy atom. The van der Waals surface area contributed by atoms with Gasteiger partial charge in [-0.05, 0) is 5.92 Å². The quantitative estimate of drug-likeness (QED) is 0.803. The van der Waals surface area contributed by atoms with Crippen molar-refractivity contribution in [3.63, 3.8) is 0 Å². The molecular weight excluding hydrogens is 190 g/mol. The smallest absolute Gasteiger partial charge is 0.222 e. The molecule has 0 aliphatic carbocycles. The van der Waals surface area contributed by atoms with Crippen molar-refractivity contribution < 1.29 is 4.79 Å². The average molecular weight is 207 g/mol. The third kappa shape index (κ3) is 1.64. The van der Waals surface area contributed by atoms with Gasteiger partial charge in [-0.3, -0.25) is 9.89 Å². The highest BCUT2D eigenvalue weighted by molar-refractivity contribution is 5.76. The van der Waals surface area contributed by atoms with Crippen LogP contribution in [0.4, 0.5) is 0 Å². The molecule has 4 heteroatoms. The van der Waals surface area contributed by atoms with Crippen LogP contribution >= 0.6 is 0 Å². The molecule has 0 bridgehead atoms. The van der Waals surface area contributed by atoms with E-state index in [9.17, 15) is 4.79 Å². The fraction of sp³-hybridized carbons (Fsp3) is 0.636. The summed E-state index contributed by atoms with van der Waals surface area (Å²) in [4.78, 5) is 13.4. The van der Waals surface area contributed by atoms with Crippen molar-refractivity contribution in [2.75, 3.05) is 0 Å². The van der Waals surface area contributed by atoms with Crippen LogP contribution in [-0.4, -0.2) is 21.0 Å². The molecule has 0 radical (unpaired) electrons. The molecule has 0 spiro atoms. The number of hydrogen-bond donors (Lipinski definition) is 1. The van der Waals surface area contributed by atoms with Crippen LogP contribution in [0, 0.1) is 0 Å². The normalized spacial score (nSPS) is 14.8. The second kappa shape index (κ2) is 3.68. The van der Waals surface area contributed by atoms with Gasteiger partial charge < -0.3 is 4.90 Å². The van der Waals surface area contributed by atoms with Gasteiger partial charge in [-0.2, -0.15) is 5.10 Å². The summed E-state index contributed by atoms with van der Waals surface area (Å²) in [6.07, 6.45) is 0.578. The Morgan fingerprint density at radius 2 is 2.27 bits per heavy atom. The molecule has 4 nitrogen and oxygen atoms in total. The van der Waals surface area contributed by atoms with Crippen LogP contribution in [0.1, 0.15) is 50.1 Å². The monoisotopic (exact) mass is 207 g/mol. The number of hydrogen-bond acceptors (Lipinski definition) is 2. The topological polar surface area (TPSA) is 49.0 Å². The van der Waals surface area contributed by atoms with Crippen LogP contribution in [-0.2, 0) is 17.9 Å². The summed E-state index contributed by atoms with van der Waals surface area (Å²) in [5.41, 5.74) is 3.45. The van der Waals surface area contributed by atoms with Gasteiger partial charge in [0, 0.05) is 18.5 Å². The molecule has 1 aliphatic rings. The summed E-state index contributed by atoms with van der Waals surface area (Å²) >= 11 is 0. The molecule has 82 valence electrons. The average Bonchev–Trinajstić information content (AvgIpc) is 2.73. The first-order chi connectivity index (χ1) is 7.13. The van der Waals surface area contributed by atoms with E-state index in [1.54, 1.807) is 0 Å². The van der Waals surface area contributed by atoms with E-state index in [0.717, 1.165) is 17.9 Å². The van der Waals surface area contributed by atoms with Gasteiger partial charge in [0.25, 0.3) is 0 Å². The lowest BCUT2D eigenvalue weighted by Gasteiger charge is -2.14. The maximum absolute atomic E-state index is 11.6. The first-order valence-corrected chi connectivity index (χ1v) is 5.47. The number of fused-ring (bicyclic) bond motifs is 1. The first kappa shape index (κ1) is 10.2. The van der Waals surface area contributed by atoms with Crippen LogP contribution in [0.5, 0.6) is 0 Å². The second-order valence-corrected chi connectivity index (χ2v) is 4.32. The highest BCUT2D eigenvalue weighted by atomic mass is 16.2. The van der Waals surface area contributed by atoms with Gasteiger partial charge in [0.2, 0.25) is 5.91 Å². The Labute approximate surface area is 89.7 Å². The van der Waals surface area contributed by atoms with E-state index in [4.69, 9.17) is 0 Å². The van der Waals surface area contributed by atoms with Crippen LogP contribution in [0.3, 0.4) is 0 Å². The molecule has 1 amide bonds. The number of carbonyl (C=O) groups excluding carboxylic acids is 1. The van der Waals surface area contributed by atoms with Gasteiger partial charge in [0.15, 0.2) is 0 Å². The number of rotatable bonds is 2. The molecule has 0 aromatic carbocycles. The third-order valence-electron chi connectivity index (χ3n) is 2.88. The summed E-state index contributed by atoms with van der Waals surface area (Å²) in [7, 11) is 0. The van der Waals surface area contributed by atoms with E-state index in [2.05, 4.69) is 24.0 Å². The van der Waals surface area contributed by atoms with Crippen molar-refractivity contribution in [2.45, 2.75) is 46.2 Å². The predicted octanol–water partition coefficient (Wildman–Crippen LogP) is 1.79. The molecule has 15 heavy (non-hydrogen) atoms. The van der Waals surface area contributed by atoms with Crippen molar-refractivity contribution in [2.24, 2.45) is 0 Å². The lowest BCUT2D eigenvalue weighted by atomic mass is 10.1. The summed E-state index contributed by atoms with van der Waals surface area (Å²) in [5, 5.41) is 7.33. The van der Waals surface area contributed by atoms with E-state index < -0.39 is 0 Å².